The van der Waals surface area contributed by atoms with E-state index in [0.717, 1.165) is 10.9 Å². The van der Waals surface area contributed by atoms with Gasteiger partial charge in [-0.2, -0.15) is 0 Å². The van der Waals surface area contributed by atoms with Gasteiger partial charge in [0.1, 0.15) is 0 Å². The molecule has 0 fully saturated rings. The molecule has 0 bridgehead atoms. The van der Waals surface area contributed by atoms with Gasteiger partial charge in [-0.15, -0.1) is 0 Å². The maximum absolute atomic E-state index is 5.81. The molecule has 13 heavy (non-hydrogen) atoms. The van der Waals surface area contributed by atoms with Gasteiger partial charge in [-0.05, 0) is 12.1 Å². The number of halogens is 3. The first-order valence-electron chi connectivity index (χ1n) is 3.72. The van der Waals surface area contributed by atoms with Crippen molar-refractivity contribution in [2.24, 2.45) is 0 Å². The van der Waals surface area contributed by atoms with Gasteiger partial charge in [-0.1, -0.05) is 46.9 Å². The second kappa shape index (κ2) is 3.09. The first kappa shape index (κ1) is 9.20. The Morgan fingerprint density at radius 1 is 1.08 bits per heavy atom. The Kier molecular flexibility index (Phi) is 2.18. The minimum Gasteiger partial charge on any atom is -0.361 e. The number of alkyl halides is 3. The normalized spacial score (nSPS) is 12.2. The number of aromatic amines is 1. The van der Waals surface area contributed by atoms with Crippen LogP contribution in [0, 0.1) is 0 Å². The Hall–Kier alpha value is -0.370. The van der Waals surface area contributed by atoms with E-state index in [2.05, 4.69) is 4.98 Å². The number of rotatable bonds is 0. The molecular formula is C9H6Cl3N. The van der Waals surface area contributed by atoms with Crippen molar-refractivity contribution in [1.29, 1.82) is 0 Å². The molecule has 2 rings (SSSR count). The smallest absolute Gasteiger partial charge is 0.216 e. The molecule has 0 aliphatic heterocycles. The van der Waals surface area contributed by atoms with Crippen molar-refractivity contribution < 1.29 is 0 Å². The predicted molar refractivity (Wildman–Crippen MR) is 57.5 cm³/mol. The van der Waals surface area contributed by atoms with E-state index in [1.54, 1.807) is 0 Å². The van der Waals surface area contributed by atoms with Crippen molar-refractivity contribution in [3.8, 4) is 0 Å². The molecule has 0 saturated heterocycles. The molecule has 0 unspecified atom stereocenters. The van der Waals surface area contributed by atoms with E-state index < -0.39 is 3.79 Å². The Morgan fingerprint density at radius 2 is 1.85 bits per heavy atom. The van der Waals surface area contributed by atoms with Crippen molar-refractivity contribution in [2.45, 2.75) is 3.79 Å². The van der Waals surface area contributed by atoms with E-state index in [1.807, 2.05) is 30.5 Å². The molecule has 0 atom stereocenters. The van der Waals surface area contributed by atoms with E-state index in [4.69, 9.17) is 34.8 Å². The molecule has 0 spiro atoms. The summed E-state index contributed by atoms with van der Waals surface area (Å²) in [5, 5.41) is 0.947. The summed E-state index contributed by atoms with van der Waals surface area (Å²) in [5.41, 5.74) is 1.68. The molecule has 0 saturated carbocycles. The molecule has 1 N–H and O–H groups in total. The maximum atomic E-state index is 5.81. The highest BCUT2D eigenvalue weighted by molar-refractivity contribution is 6.67. The average Bonchev–Trinajstić information content (AvgIpc) is 2.48. The quantitative estimate of drug-likeness (QED) is 0.663. The Morgan fingerprint density at radius 3 is 2.54 bits per heavy atom. The van der Waals surface area contributed by atoms with E-state index >= 15 is 0 Å². The maximum Gasteiger partial charge on any atom is 0.216 e. The SMILES string of the molecule is ClC(Cl)(Cl)c1cccc2[nH]ccc12. The zero-order valence-corrected chi connectivity index (χ0v) is 8.79. The third-order valence-electron chi connectivity index (χ3n) is 1.90. The summed E-state index contributed by atoms with van der Waals surface area (Å²) in [6, 6.07) is 7.50. The summed E-state index contributed by atoms with van der Waals surface area (Å²) in [6.07, 6.45) is 1.82. The van der Waals surface area contributed by atoms with Gasteiger partial charge in [-0.25, -0.2) is 0 Å². The number of nitrogens with one attached hydrogen (secondary N) is 1. The number of H-pyrrole nitrogens is 1. The van der Waals surface area contributed by atoms with Crippen LogP contribution in [-0.4, -0.2) is 4.98 Å². The van der Waals surface area contributed by atoms with Crippen molar-refractivity contribution in [3.63, 3.8) is 0 Å². The lowest BCUT2D eigenvalue weighted by molar-refractivity contribution is 1.27. The van der Waals surface area contributed by atoms with Crippen LogP contribution in [0.2, 0.25) is 0 Å². The van der Waals surface area contributed by atoms with Crippen LogP contribution >= 0.6 is 34.8 Å². The summed E-state index contributed by atoms with van der Waals surface area (Å²) < 4.78 is -1.36. The van der Waals surface area contributed by atoms with Gasteiger partial charge >= 0.3 is 0 Å². The number of fused-ring (bicyclic) bond motifs is 1. The first-order chi connectivity index (χ1) is 6.09. The van der Waals surface area contributed by atoms with Crippen molar-refractivity contribution in [3.05, 3.63) is 36.0 Å². The monoisotopic (exact) mass is 233 g/mol. The van der Waals surface area contributed by atoms with Gasteiger partial charge in [-0.3, -0.25) is 0 Å². The van der Waals surface area contributed by atoms with E-state index in [-0.39, 0.29) is 0 Å². The number of hydrogen-bond donors (Lipinski definition) is 1. The van der Waals surface area contributed by atoms with Gasteiger partial charge in [0.25, 0.3) is 0 Å². The van der Waals surface area contributed by atoms with Crippen LogP contribution in [0.3, 0.4) is 0 Å². The van der Waals surface area contributed by atoms with Crippen LogP contribution in [-0.2, 0) is 3.79 Å². The van der Waals surface area contributed by atoms with Crippen LogP contribution in [0.5, 0.6) is 0 Å². The minimum absolute atomic E-state index is 0.705. The Labute approximate surface area is 90.6 Å². The second-order valence-corrected chi connectivity index (χ2v) is 5.02. The molecule has 0 aliphatic rings. The highest BCUT2D eigenvalue weighted by Crippen LogP contribution is 2.41. The Bertz CT molecular complexity index is 428. The molecule has 0 radical (unpaired) electrons. The number of benzene rings is 1. The number of aromatic nitrogens is 1. The standard InChI is InChI=1S/C9H6Cl3N/c10-9(11,12)7-2-1-3-8-6(7)4-5-13-8/h1-5,13H. The van der Waals surface area contributed by atoms with Crippen LogP contribution in [0.25, 0.3) is 10.9 Å². The van der Waals surface area contributed by atoms with Crippen molar-refractivity contribution in [2.75, 3.05) is 0 Å². The molecule has 4 heteroatoms. The van der Waals surface area contributed by atoms with E-state index in [9.17, 15) is 0 Å². The lowest BCUT2D eigenvalue weighted by Crippen LogP contribution is -1.99. The molecular weight excluding hydrogens is 228 g/mol. The first-order valence-corrected chi connectivity index (χ1v) is 4.86. The molecule has 68 valence electrons. The van der Waals surface area contributed by atoms with Gasteiger partial charge in [0.2, 0.25) is 3.79 Å². The predicted octanol–water partition coefficient (Wildman–Crippen LogP) is 3.99. The Balaban J connectivity index is 2.75. The largest absolute Gasteiger partial charge is 0.361 e. The lowest BCUT2D eigenvalue weighted by Gasteiger charge is -2.11. The lowest BCUT2D eigenvalue weighted by atomic mass is 10.1. The molecule has 1 nitrogen and oxygen atoms in total. The summed E-state index contributed by atoms with van der Waals surface area (Å²) in [5.74, 6) is 0. The van der Waals surface area contributed by atoms with Crippen LogP contribution in [0.4, 0.5) is 0 Å². The van der Waals surface area contributed by atoms with Crippen molar-refractivity contribution in [1.82, 2.24) is 4.98 Å². The zero-order valence-electron chi connectivity index (χ0n) is 6.52. The minimum atomic E-state index is -1.36. The fourth-order valence-corrected chi connectivity index (χ4v) is 1.83. The highest BCUT2D eigenvalue weighted by Gasteiger charge is 2.24. The van der Waals surface area contributed by atoms with Gasteiger partial charge in [0.15, 0.2) is 0 Å². The molecule has 1 heterocycles. The van der Waals surface area contributed by atoms with Crippen molar-refractivity contribution >= 4 is 45.7 Å². The van der Waals surface area contributed by atoms with Gasteiger partial charge in [0, 0.05) is 22.7 Å². The van der Waals surface area contributed by atoms with Gasteiger partial charge < -0.3 is 4.98 Å². The second-order valence-electron chi connectivity index (χ2n) is 2.74. The highest BCUT2D eigenvalue weighted by atomic mass is 35.6. The summed E-state index contributed by atoms with van der Waals surface area (Å²) in [4.78, 5) is 3.06. The molecule has 2 aromatic rings. The van der Waals surface area contributed by atoms with E-state index in [1.165, 1.54) is 0 Å². The average molecular weight is 235 g/mol. The third kappa shape index (κ3) is 1.64. The summed E-state index contributed by atoms with van der Waals surface area (Å²) in [7, 11) is 0. The fourth-order valence-electron chi connectivity index (χ4n) is 1.33. The van der Waals surface area contributed by atoms with Crippen LogP contribution in [0.15, 0.2) is 30.5 Å². The van der Waals surface area contributed by atoms with Crippen LogP contribution < -0.4 is 0 Å². The third-order valence-corrected chi connectivity index (χ3v) is 2.51. The fraction of sp³-hybridized carbons (Fsp3) is 0.111. The zero-order chi connectivity index (χ0) is 9.47. The van der Waals surface area contributed by atoms with E-state index in [0.29, 0.717) is 5.56 Å². The number of hydrogen-bond acceptors (Lipinski definition) is 0. The molecule has 0 aliphatic carbocycles. The summed E-state index contributed by atoms with van der Waals surface area (Å²) in [6.45, 7) is 0. The topological polar surface area (TPSA) is 15.8 Å². The van der Waals surface area contributed by atoms with Crippen LogP contribution in [0.1, 0.15) is 5.56 Å². The van der Waals surface area contributed by atoms with Gasteiger partial charge in [0.05, 0.1) is 0 Å². The molecule has 1 aromatic carbocycles. The molecule has 0 amide bonds. The summed E-state index contributed by atoms with van der Waals surface area (Å²) >= 11 is 17.4. The molecule has 1 aromatic heterocycles.